The number of aliphatic imine (C=N–C) groups is 1. The molecule has 148 valence electrons. The van der Waals surface area contributed by atoms with E-state index in [1.807, 2.05) is 48.5 Å². The van der Waals surface area contributed by atoms with Crippen molar-refractivity contribution in [3.63, 3.8) is 0 Å². The minimum absolute atomic E-state index is 0.231. The summed E-state index contributed by atoms with van der Waals surface area (Å²) in [7, 11) is 1.79. The molecule has 0 aromatic heterocycles. The molecule has 1 amide bonds. The number of nitrogens with one attached hydrogen (secondary N) is 1. The molecular weight excluding hydrogens is 352 g/mol. The Morgan fingerprint density at radius 1 is 1.21 bits per heavy atom. The molecule has 0 aliphatic carbocycles. The molecule has 6 nitrogen and oxygen atoms in total. The normalized spacial score (nSPS) is 17.2. The fourth-order valence-electron chi connectivity index (χ4n) is 3.57. The highest BCUT2D eigenvalue weighted by Crippen LogP contribution is 2.22. The van der Waals surface area contributed by atoms with Gasteiger partial charge in [-0.15, -0.1) is 0 Å². The molecule has 2 aromatic carbocycles. The molecule has 1 fully saturated rings. The van der Waals surface area contributed by atoms with E-state index in [1.165, 1.54) is 0 Å². The van der Waals surface area contributed by atoms with Gasteiger partial charge >= 0.3 is 0 Å². The van der Waals surface area contributed by atoms with Gasteiger partial charge in [-0.25, -0.2) is 0 Å². The van der Waals surface area contributed by atoms with Crippen LogP contribution in [0.1, 0.15) is 24.8 Å². The number of carbonyl (C=O) groups is 1. The van der Waals surface area contributed by atoms with E-state index in [0.717, 1.165) is 49.0 Å². The van der Waals surface area contributed by atoms with Gasteiger partial charge in [-0.05, 0) is 48.6 Å². The van der Waals surface area contributed by atoms with E-state index >= 15 is 0 Å². The lowest BCUT2D eigenvalue weighted by molar-refractivity contribution is -0.119. The molecule has 28 heavy (non-hydrogen) atoms. The predicted octanol–water partition coefficient (Wildman–Crippen LogP) is 3.14. The third kappa shape index (κ3) is 5.74. The molecule has 0 saturated carbocycles. The lowest BCUT2D eigenvalue weighted by Crippen LogP contribution is -2.46. The topological polar surface area (TPSA) is 80.0 Å². The van der Waals surface area contributed by atoms with Crippen LogP contribution in [0.25, 0.3) is 0 Å². The Morgan fingerprint density at radius 2 is 2.00 bits per heavy atom. The van der Waals surface area contributed by atoms with Crippen LogP contribution < -0.4 is 15.8 Å². The second-order valence-corrected chi connectivity index (χ2v) is 7.09. The van der Waals surface area contributed by atoms with Crippen molar-refractivity contribution in [2.24, 2.45) is 16.6 Å². The van der Waals surface area contributed by atoms with Gasteiger partial charge in [0.1, 0.15) is 11.5 Å². The molecule has 3 rings (SSSR count). The minimum atomic E-state index is -0.231. The van der Waals surface area contributed by atoms with E-state index in [0.29, 0.717) is 18.9 Å². The Kier molecular flexibility index (Phi) is 6.89. The number of hydrogen-bond donors (Lipinski definition) is 2. The van der Waals surface area contributed by atoms with E-state index in [4.69, 9.17) is 10.5 Å². The number of primary amides is 1. The Balaban J connectivity index is 1.58. The van der Waals surface area contributed by atoms with Crippen molar-refractivity contribution in [3.8, 4) is 11.5 Å². The maximum atomic E-state index is 11.2. The van der Waals surface area contributed by atoms with Gasteiger partial charge in [0.15, 0.2) is 5.96 Å². The summed E-state index contributed by atoms with van der Waals surface area (Å²) in [5, 5.41) is 3.42. The zero-order chi connectivity index (χ0) is 19.8. The Bertz CT molecular complexity index is 807. The van der Waals surface area contributed by atoms with E-state index in [1.54, 1.807) is 7.05 Å². The van der Waals surface area contributed by atoms with Crippen LogP contribution in [0.4, 0.5) is 0 Å². The van der Waals surface area contributed by atoms with Gasteiger partial charge < -0.3 is 20.7 Å². The van der Waals surface area contributed by atoms with Crippen molar-refractivity contribution in [2.45, 2.75) is 25.8 Å². The summed E-state index contributed by atoms with van der Waals surface area (Å²) < 4.78 is 5.91. The predicted molar refractivity (Wildman–Crippen MR) is 111 cm³/mol. The smallest absolute Gasteiger partial charge is 0.217 e. The van der Waals surface area contributed by atoms with E-state index in [9.17, 15) is 4.79 Å². The molecule has 1 saturated heterocycles. The summed E-state index contributed by atoms with van der Waals surface area (Å²) in [6.45, 7) is 2.39. The molecule has 0 spiro atoms. The minimum Gasteiger partial charge on any atom is -0.457 e. The molecular formula is C22H28N4O2. The largest absolute Gasteiger partial charge is 0.457 e. The second kappa shape index (κ2) is 9.78. The standard InChI is InChI=1S/C22H28N4O2/c1-24-22(26-12-6-8-18(16-26)14-21(23)27)25-15-17-7-5-11-20(13-17)28-19-9-3-2-4-10-19/h2-5,7,9-11,13,18H,6,8,12,14-16H2,1H3,(H2,23,27)(H,24,25). The molecule has 1 atom stereocenters. The first kappa shape index (κ1) is 19.7. The fraction of sp³-hybridized carbons (Fsp3) is 0.364. The maximum absolute atomic E-state index is 11.2. The number of benzene rings is 2. The number of amides is 1. The number of nitrogens with zero attached hydrogens (tertiary/aromatic N) is 2. The molecule has 1 unspecified atom stereocenters. The van der Waals surface area contributed by atoms with Crippen molar-refractivity contribution in [2.75, 3.05) is 20.1 Å². The van der Waals surface area contributed by atoms with Gasteiger partial charge in [0, 0.05) is 33.1 Å². The summed E-state index contributed by atoms with van der Waals surface area (Å²) in [6.07, 6.45) is 2.51. The van der Waals surface area contributed by atoms with Gasteiger partial charge in [0.25, 0.3) is 0 Å². The average molecular weight is 380 g/mol. The monoisotopic (exact) mass is 380 g/mol. The summed E-state index contributed by atoms with van der Waals surface area (Å²) in [5.74, 6) is 2.54. The molecule has 6 heteroatoms. The number of carbonyl (C=O) groups excluding carboxylic acids is 1. The van der Waals surface area contributed by atoms with Crippen molar-refractivity contribution < 1.29 is 9.53 Å². The third-order valence-corrected chi connectivity index (χ3v) is 4.85. The number of hydrogen-bond acceptors (Lipinski definition) is 3. The number of ether oxygens (including phenoxy) is 1. The van der Waals surface area contributed by atoms with Gasteiger partial charge in [0.05, 0.1) is 0 Å². The van der Waals surface area contributed by atoms with Crippen LogP contribution in [0, 0.1) is 5.92 Å². The van der Waals surface area contributed by atoms with Crippen molar-refractivity contribution in [1.82, 2.24) is 10.2 Å². The van der Waals surface area contributed by atoms with E-state index < -0.39 is 0 Å². The van der Waals surface area contributed by atoms with E-state index in [2.05, 4.69) is 21.3 Å². The Morgan fingerprint density at radius 3 is 2.75 bits per heavy atom. The summed E-state index contributed by atoms with van der Waals surface area (Å²) >= 11 is 0. The van der Waals surface area contributed by atoms with Crippen LogP contribution in [0.2, 0.25) is 0 Å². The van der Waals surface area contributed by atoms with Gasteiger partial charge in [-0.3, -0.25) is 9.79 Å². The maximum Gasteiger partial charge on any atom is 0.217 e. The molecule has 1 aliphatic rings. The molecule has 2 aromatic rings. The molecule has 1 aliphatic heterocycles. The highest BCUT2D eigenvalue weighted by Gasteiger charge is 2.23. The number of para-hydroxylation sites is 1. The second-order valence-electron chi connectivity index (χ2n) is 7.09. The highest BCUT2D eigenvalue weighted by atomic mass is 16.5. The molecule has 0 bridgehead atoms. The zero-order valence-electron chi connectivity index (χ0n) is 16.3. The number of guanidine groups is 1. The first-order valence-electron chi connectivity index (χ1n) is 9.70. The van der Waals surface area contributed by atoms with Crippen molar-refractivity contribution >= 4 is 11.9 Å². The van der Waals surface area contributed by atoms with Crippen molar-refractivity contribution in [1.29, 1.82) is 0 Å². The summed E-state index contributed by atoms with van der Waals surface area (Å²) in [5.41, 5.74) is 6.48. The first-order chi connectivity index (χ1) is 13.6. The Hall–Kier alpha value is -3.02. The highest BCUT2D eigenvalue weighted by molar-refractivity contribution is 5.80. The fourth-order valence-corrected chi connectivity index (χ4v) is 3.57. The molecule has 3 N–H and O–H groups in total. The summed E-state index contributed by atoms with van der Waals surface area (Å²) in [4.78, 5) is 17.9. The van der Waals surface area contributed by atoms with Crippen molar-refractivity contribution in [3.05, 3.63) is 60.2 Å². The van der Waals surface area contributed by atoms with Crippen LogP contribution in [0.3, 0.4) is 0 Å². The van der Waals surface area contributed by atoms with Crippen LogP contribution in [0.15, 0.2) is 59.6 Å². The van der Waals surface area contributed by atoms with Crippen LogP contribution >= 0.6 is 0 Å². The Labute approximate surface area is 166 Å². The van der Waals surface area contributed by atoms with Crippen LogP contribution in [0.5, 0.6) is 11.5 Å². The zero-order valence-corrected chi connectivity index (χ0v) is 16.3. The van der Waals surface area contributed by atoms with Crippen LogP contribution in [-0.2, 0) is 11.3 Å². The lowest BCUT2D eigenvalue weighted by Gasteiger charge is -2.34. The van der Waals surface area contributed by atoms with E-state index in [-0.39, 0.29) is 5.91 Å². The van der Waals surface area contributed by atoms with Crippen LogP contribution in [-0.4, -0.2) is 36.9 Å². The summed E-state index contributed by atoms with van der Waals surface area (Å²) in [6, 6.07) is 17.8. The number of nitrogens with two attached hydrogens (primary N) is 1. The lowest BCUT2D eigenvalue weighted by atomic mass is 9.95. The number of piperidine rings is 1. The number of rotatable bonds is 6. The quantitative estimate of drug-likeness (QED) is 0.596. The SMILES string of the molecule is CN=C(NCc1cccc(Oc2ccccc2)c1)N1CCCC(CC(N)=O)C1. The van der Waals surface area contributed by atoms with Gasteiger partial charge in [-0.1, -0.05) is 30.3 Å². The van der Waals surface area contributed by atoms with Gasteiger partial charge in [-0.2, -0.15) is 0 Å². The molecule has 1 heterocycles. The van der Waals surface area contributed by atoms with Gasteiger partial charge in [0.2, 0.25) is 5.91 Å². The third-order valence-electron chi connectivity index (χ3n) is 4.85. The number of likely N-dealkylation sites (tertiary alicyclic amines) is 1. The average Bonchev–Trinajstić information content (AvgIpc) is 2.69. The first-order valence-corrected chi connectivity index (χ1v) is 9.70. The molecule has 0 radical (unpaired) electrons.